The molecule has 1 aromatic carbocycles. The Morgan fingerprint density at radius 3 is 2.50 bits per heavy atom. The maximum Gasteiger partial charge on any atom is 0.0653 e. The molecule has 18 heavy (non-hydrogen) atoms. The maximum atomic E-state index is 10.7. The molecule has 1 aliphatic rings. The standard InChI is InChI=1S/C17H26O/c1-16(2)11-7-13-17(18,14-16)12-6-10-15-8-4-3-5-9-15/h3-5,8-9,18H,6-7,10-14H2,1-2H3. The molecule has 1 saturated carbocycles. The van der Waals surface area contributed by atoms with Gasteiger partial charge in [-0.15, -0.1) is 0 Å². The van der Waals surface area contributed by atoms with Gasteiger partial charge in [-0.1, -0.05) is 50.6 Å². The highest BCUT2D eigenvalue weighted by Gasteiger charge is 2.37. The van der Waals surface area contributed by atoms with E-state index in [9.17, 15) is 5.11 Å². The van der Waals surface area contributed by atoms with E-state index in [1.54, 1.807) is 0 Å². The van der Waals surface area contributed by atoms with Gasteiger partial charge in [-0.3, -0.25) is 0 Å². The van der Waals surface area contributed by atoms with Gasteiger partial charge < -0.3 is 5.11 Å². The minimum Gasteiger partial charge on any atom is -0.390 e. The topological polar surface area (TPSA) is 20.2 Å². The first-order valence-corrected chi connectivity index (χ1v) is 7.26. The summed E-state index contributed by atoms with van der Waals surface area (Å²) in [5.74, 6) is 0. The predicted octanol–water partition coefficient (Wildman–Crippen LogP) is 4.34. The Hall–Kier alpha value is -0.820. The molecule has 1 unspecified atom stereocenters. The Morgan fingerprint density at radius 1 is 1.11 bits per heavy atom. The lowest BCUT2D eigenvalue weighted by Gasteiger charge is -2.41. The van der Waals surface area contributed by atoms with Crippen LogP contribution in [-0.4, -0.2) is 10.7 Å². The van der Waals surface area contributed by atoms with Crippen molar-refractivity contribution in [2.24, 2.45) is 5.41 Å². The zero-order valence-electron chi connectivity index (χ0n) is 11.8. The maximum absolute atomic E-state index is 10.7. The second-order valence-electron chi connectivity index (χ2n) is 6.76. The number of aliphatic hydroxyl groups is 1. The van der Waals surface area contributed by atoms with Gasteiger partial charge in [-0.05, 0) is 49.5 Å². The summed E-state index contributed by atoms with van der Waals surface area (Å²) < 4.78 is 0. The van der Waals surface area contributed by atoms with E-state index < -0.39 is 5.60 Å². The Bertz CT molecular complexity index is 368. The molecule has 0 aliphatic heterocycles. The zero-order valence-corrected chi connectivity index (χ0v) is 11.8. The first kappa shape index (κ1) is 13.6. The van der Waals surface area contributed by atoms with Crippen molar-refractivity contribution in [2.45, 2.75) is 64.4 Å². The van der Waals surface area contributed by atoms with Gasteiger partial charge in [0, 0.05) is 0 Å². The summed E-state index contributed by atoms with van der Waals surface area (Å²) in [6.45, 7) is 4.57. The molecule has 0 spiro atoms. The van der Waals surface area contributed by atoms with E-state index in [0.29, 0.717) is 5.41 Å². The first-order chi connectivity index (χ1) is 8.49. The van der Waals surface area contributed by atoms with E-state index in [2.05, 4.69) is 44.2 Å². The molecule has 1 heteroatoms. The highest BCUT2D eigenvalue weighted by atomic mass is 16.3. The van der Waals surface area contributed by atoms with Crippen molar-refractivity contribution in [3.05, 3.63) is 35.9 Å². The van der Waals surface area contributed by atoms with Gasteiger partial charge >= 0.3 is 0 Å². The van der Waals surface area contributed by atoms with E-state index in [1.165, 1.54) is 18.4 Å². The van der Waals surface area contributed by atoms with Crippen LogP contribution < -0.4 is 0 Å². The molecule has 1 aromatic rings. The van der Waals surface area contributed by atoms with Crippen LogP contribution in [0.1, 0.15) is 57.9 Å². The van der Waals surface area contributed by atoms with Gasteiger partial charge in [-0.2, -0.15) is 0 Å². The Balaban J connectivity index is 1.82. The van der Waals surface area contributed by atoms with Crippen molar-refractivity contribution in [3.8, 4) is 0 Å². The lowest BCUT2D eigenvalue weighted by Crippen LogP contribution is -2.38. The summed E-state index contributed by atoms with van der Waals surface area (Å²) in [6.07, 6.45) is 7.52. The van der Waals surface area contributed by atoms with Crippen molar-refractivity contribution in [2.75, 3.05) is 0 Å². The molecular formula is C17H26O. The SMILES string of the molecule is CC1(C)CCCC(O)(CCCc2ccccc2)C1. The van der Waals surface area contributed by atoms with Gasteiger partial charge in [0.1, 0.15) is 0 Å². The molecule has 1 fully saturated rings. The van der Waals surface area contributed by atoms with E-state index in [4.69, 9.17) is 0 Å². The van der Waals surface area contributed by atoms with Crippen LogP contribution >= 0.6 is 0 Å². The highest BCUT2D eigenvalue weighted by molar-refractivity contribution is 5.14. The normalized spacial score (nSPS) is 27.1. The molecule has 0 aromatic heterocycles. The van der Waals surface area contributed by atoms with Crippen LogP contribution in [0.15, 0.2) is 30.3 Å². The van der Waals surface area contributed by atoms with Crippen LogP contribution in [0.4, 0.5) is 0 Å². The number of hydrogen-bond donors (Lipinski definition) is 1. The zero-order chi connectivity index (χ0) is 13.1. The lowest BCUT2D eigenvalue weighted by atomic mass is 9.68. The summed E-state index contributed by atoms with van der Waals surface area (Å²) >= 11 is 0. The van der Waals surface area contributed by atoms with E-state index in [0.717, 1.165) is 32.1 Å². The number of benzene rings is 1. The molecular weight excluding hydrogens is 220 g/mol. The molecule has 1 atom stereocenters. The number of aryl methyl sites for hydroxylation is 1. The second-order valence-corrected chi connectivity index (χ2v) is 6.76. The van der Waals surface area contributed by atoms with Crippen LogP contribution in [0, 0.1) is 5.41 Å². The molecule has 0 saturated heterocycles. The van der Waals surface area contributed by atoms with E-state index in [-0.39, 0.29) is 0 Å². The number of rotatable bonds is 4. The average Bonchev–Trinajstić information content (AvgIpc) is 2.28. The third-order valence-corrected chi connectivity index (χ3v) is 4.25. The summed E-state index contributed by atoms with van der Waals surface area (Å²) in [4.78, 5) is 0. The van der Waals surface area contributed by atoms with Gasteiger partial charge in [0.05, 0.1) is 5.60 Å². The van der Waals surface area contributed by atoms with Crippen LogP contribution in [0.3, 0.4) is 0 Å². The Kier molecular flexibility index (Phi) is 4.11. The molecule has 0 amide bonds. The fourth-order valence-corrected chi connectivity index (χ4v) is 3.44. The third kappa shape index (κ3) is 3.84. The highest BCUT2D eigenvalue weighted by Crippen LogP contribution is 2.43. The molecule has 1 N–H and O–H groups in total. The monoisotopic (exact) mass is 246 g/mol. The summed E-state index contributed by atoms with van der Waals surface area (Å²) in [5, 5.41) is 10.7. The van der Waals surface area contributed by atoms with E-state index in [1.807, 2.05) is 0 Å². The molecule has 2 rings (SSSR count). The number of hydrogen-bond acceptors (Lipinski definition) is 1. The van der Waals surface area contributed by atoms with Crippen LogP contribution in [0.2, 0.25) is 0 Å². The summed E-state index contributed by atoms with van der Waals surface area (Å²) in [7, 11) is 0. The molecule has 1 aliphatic carbocycles. The van der Waals surface area contributed by atoms with E-state index >= 15 is 0 Å². The Morgan fingerprint density at radius 2 is 1.83 bits per heavy atom. The molecule has 0 heterocycles. The smallest absolute Gasteiger partial charge is 0.0653 e. The van der Waals surface area contributed by atoms with Crippen LogP contribution in [-0.2, 0) is 6.42 Å². The minimum absolute atomic E-state index is 0.319. The summed E-state index contributed by atoms with van der Waals surface area (Å²) in [5.41, 5.74) is 1.30. The van der Waals surface area contributed by atoms with Crippen molar-refractivity contribution < 1.29 is 5.11 Å². The molecule has 100 valence electrons. The first-order valence-electron chi connectivity index (χ1n) is 7.26. The van der Waals surface area contributed by atoms with Crippen molar-refractivity contribution in [3.63, 3.8) is 0 Å². The van der Waals surface area contributed by atoms with Crippen LogP contribution in [0.5, 0.6) is 0 Å². The third-order valence-electron chi connectivity index (χ3n) is 4.25. The van der Waals surface area contributed by atoms with Gasteiger partial charge in [0.15, 0.2) is 0 Å². The fourth-order valence-electron chi connectivity index (χ4n) is 3.44. The van der Waals surface area contributed by atoms with Crippen molar-refractivity contribution in [1.29, 1.82) is 0 Å². The van der Waals surface area contributed by atoms with Gasteiger partial charge in [0.25, 0.3) is 0 Å². The molecule has 1 nitrogen and oxygen atoms in total. The summed E-state index contributed by atoms with van der Waals surface area (Å²) in [6, 6.07) is 10.6. The quantitative estimate of drug-likeness (QED) is 0.838. The largest absolute Gasteiger partial charge is 0.390 e. The predicted molar refractivity (Wildman–Crippen MR) is 76.6 cm³/mol. The molecule has 0 bridgehead atoms. The molecule has 0 radical (unpaired) electrons. The van der Waals surface area contributed by atoms with Crippen molar-refractivity contribution in [1.82, 2.24) is 0 Å². The lowest BCUT2D eigenvalue weighted by molar-refractivity contribution is -0.0461. The second kappa shape index (κ2) is 5.44. The Labute approximate surface area is 111 Å². The van der Waals surface area contributed by atoms with Gasteiger partial charge in [0.2, 0.25) is 0 Å². The fraction of sp³-hybridized carbons (Fsp3) is 0.647. The van der Waals surface area contributed by atoms with Gasteiger partial charge in [-0.25, -0.2) is 0 Å². The van der Waals surface area contributed by atoms with Crippen molar-refractivity contribution >= 4 is 0 Å². The minimum atomic E-state index is -0.406. The van der Waals surface area contributed by atoms with Crippen LogP contribution in [0.25, 0.3) is 0 Å². The average molecular weight is 246 g/mol.